The minimum atomic E-state index is -0.209. The molecule has 30 heavy (non-hydrogen) atoms. The van der Waals surface area contributed by atoms with Crippen LogP contribution in [0.25, 0.3) is 11.3 Å². The smallest absolute Gasteiger partial charge is 0.273 e. The van der Waals surface area contributed by atoms with Gasteiger partial charge < -0.3 is 10.0 Å². The molecule has 2 N–H and O–H groups in total. The fourth-order valence-corrected chi connectivity index (χ4v) is 4.25. The number of aromatic amines is 1. The van der Waals surface area contributed by atoms with E-state index in [1.165, 1.54) is 5.56 Å². The van der Waals surface area contributed by atoms with Gasteiger partial charge in [-0.3, -0.25) is 9.89 Å². The molecule has 156 valence electrons. The lowest BCUT2D eigenvalue weighted by Crippen LogP contribution is -2.30. The second-order valence-electron chi connectivity index (χ2n) is 8.31. The monoisotopic (exact) mass is 403 g/mol. The van der Waals surface area contributed by atoms with Gasteiger partial charge in [0.2, 0.25) is 0 Å². The van der Waals surface area contributed by atoms with E-state index < -0.39 is 0 Å². The van der Waals surface area contributed by atoms with Gasteiger partial charge in [0.25, 0.3) is 5.91 Å². The first-order valence-electron chi connectivity index (χ1n) is 10.8. The van der Waals surface area contributed by atoms with Crippen molar-refractivity contribution in [3.05, 3.63) is 70.9 Å². The van der Waals surface area contributed by atoms with Crippen molar-refractivity contribution in [2.24, 2.45) is 0 Å². The maximum Gasteiger partial charge on any atom is 0.273 e. The number of carbonyl (C=O) groups excluding carboxylic acids is 1. The fourth-order valence-electron chi connectivity index (χ4n) is 4.25. The molecule has 0 saturated heterocycles. The lowest BCUT2D eigenvalue weighted by molar-refractivity contribution is 0.0740. The number of fused-ring (bicyclic) bond motifs is 1. The predicted octanol–water partition coefficient (Wildman–Crippen LogP) is 5.64. The van der Waals surface area contributed by atoms with Crippen molar-refractivity contribution < 1.29 is 9.90 Å². The number of aromatic hydroxyl groups is 1. The molecule has 2 heterocycles. The molecule has 4 rings (SSSR count). The van der Waals surface area contributed by atoms with Crippen LogP contribution in [0.15, 0.2) is 48.5 Å². The number of hydrogen-bond donors (Lipinski definition) is 2. The highest BCUT2D eigenvalue weighted by atomic mass is 16.3. The number of nitrogens with zero attached hydrogens (tertiary/aromatic N) is 2. The zero-order valence-electron chi connectivity index (χ0n) is 17.9. The van der Waals surface area contributed by atoms with Crippen LogP contribution in [-0.4, -0.2) is 32.7 Å². The number of carbonyl (C=O) groups is 1. The second kappa shape index (κ2) is 8.34. The molecular weight excluding hydrogens is 374 g/mol. The van der Waals surface area contributed by atoms with Crippen molar-refractivity contribution in [2.45, 2.75) is 52.0 Å². The summed E-state index contributed by atoms with van der Waals surface area (Å²) in [7, 11) is 0. The van der Waals surface area contributed by atoms with Crippen LogP contribution in [0.3, 0.4) is 0 Å². The summed E-state index contributed by atoms with van der Waals surface area (Å²) >= 11 is 0. The van der Waals surface area contributed by atoms with Gasteiger partial charge in [-0.05, 0) is 35.6 Å². The first-order valence-corrected chi connectivity index (χ1v) is 10.8. The van der Waals surface area contributed by atoms with Crippen LogP contribution in [0.4, 0.5) is 0 Å². The molecule has 0 bridgehead atoms. The van der Waals surface area contributed by atoms with Crippen molar-refractivity contribution in [1.29, 1.82) is 0 Å². The highest BCUT2D eigenvalue weighted by Crippen LogP contribution is 2.44. The van der Waals surface area contributed by atoms with Crippen LogP contribution < -0.4 is 0 Å². The van der Waals surface area contributed by atoms with E-state index in [2.05, 4.69) is 55.2 Å². The van der Waals surface area contributed by atoms with Gasteiger partial charge in [-0.15, -0.1) is 0 Å². The molecule has 5 nitrogen and oxygen atoms in total. The van der Waals surface area contributed by atoms with E-state index >= 15 is 0 Å². The van der Waals surface area contributed by atoms with Crippen LogP contribution in [-0.2, 0) is 0 Å². The summed E-state index contributed by atoms with van der Waals surface area (Å²) in [5.41, 5.74) is 5.02. The summed E-state index contributed by atoms with van der Waals surface area (Å²) in [6.07, 6.45) is 3.15. The lowest BCUT2D eigenvalue weighted by atomic mass is 9.93. The van der Waals surface area contributed by atoms with Crippen molar-refractivity contribution in [3.8, 4) is 17.0 Å². The number of H-pyrrole nitrogens is 1. The molecule has 1 aliphatic heterocycles. The average Bonchev–Trinajstić information content (AvgIpc) is 3.28. The van der Waals surface area contributed by atoms with Crippen molar-refractivity contribution >= 4 is 5.91 Å². The molecule has 0 aliphatic carbocycles. The Morgan fingerprint density at radius 2 is 1.83 bits per heavy atom. The lowest BCUT2D eigenvalue weighted by Gasteiger charge is -2.26. The summed E-state index contributed by atoms with van der Waals surface area (Å²) in [6.45, 7) is 7.22. The number of para-hydroxylation sites is 1. The third kappa shape index (κ3) is 3.49. The van der Waals surface area contributed by atoms with Crippen LogP contribution in [0.1, 0.15) is 79.2 Å². The van der Waals surface area contributed by atoms with Crippen molar-refractivity contribution in [1.82, 2.24) is 15.1 Å². The minimum absolute atomic E-state index is 0.0202. The molecule has 0 fully saturated rings. The number of benzene rings is 2. The SMILES string of the molecule is CCCCCN1C(=O)c2[nH]nc(-c3ccccc3O)c2C1c1ccc(C(C)C)cc1. The van der Waals surface area contributed by atoms with Gasteiger partial charge in [0.15, 0.2) is 0 Å². The van der Waals surface area contributed by atoms with E-state index in [1.807, 2.05) is 17.0 Å². The Morgan fingerprint density at radius 3 is 2.50 bits per heavy atom. The molecule has 1 unspecified atom stereocenters. The molecule has 1 atom stereocenters. The van der Waals surface area contributed by atoms with Crippen LogP contribution in [0.5, 0.6) is 5.75 Å². The number of phenolic OH excluding ortho intramolecular Hbond substituents is 1. The van der Waals surface area contributed by atoms with Crippen molar-refractivity contribution in [3.63, 3.8) is 0 Å². The summed E-state index contributed by atoms with van der Waals surface area (Å²) in [4.78, 5) is 15.2. The first kappa shape index (κ1) is 20.2. The Bertz CT molecular complexity index is 1040. The largest absolute Gasteiger partial charge is 0.507 e. The van der Waals surface area contributed by atoms with Crippen LogP contribution in [0, 0.1) is 0 Å². The Morgan fingerprint density at radius 1 is 1.10 bits per heavy atom. The van der Waals surface area contributed by atoms with Crippen LogP contribution in [0.2, 0.25) is 0 Å². The second-order valence-corrected chi connectivity index (χ2v) is 8.31. The Kier molecular flexibility index (Phi) is 5.62. The highest BCUT2D eigenvalue weighted by molar-refractivity contribution is 6.00. The molecule has 5 heteroatoms. The minimum Gasteiger partial charge on any atom is -0.507 e. The van der Waals surface area contributed by atoms with Gasteiger partial charge in [0, 0.05) is 17.7 Å². The van der Waals surface area contributed by atoms with Gasteiger partial charge in [-0.1, -0.05) is 70.0 Å². The van der Waals surface area contributed by atoms with E-state index in [0.29, 0.717) is 29.4 Å². The van der Waals surface area contributed by atoms with Crippen LogP contribution >= 0.6 is 0 Å². The summed E-state index contributed by atoms with van der Waals surface area (Å²) < 4.78 is 0. The number of unbranched alkanes of at least 4 members (excludes halogenated alkanes) is 2. The topological polar surface area (TPSA) is 69.2 Å². The fraction of sp³-hybridized carbons (Fsp3) is 0.360. The third-order valence-electron chi connectivity index (χ3n) is 5.94. The summed E-state index contributed by atoms with van der Waals surface area (Å²) in [6, 6.07) is 15.5. The third-order valence-corrected chi connectivity index (χ3v) is 5.94. The van der Waals surface area contributed by atoms with E-state index in [4.69, 9.17) is 0 Å². The van der Waals surface area contributed by atoms with E-state index in [0.717, 1.165) is 30.4 Å². The van der Waals surface area contributed by atoms with Gasteiger partial charge in [0.1, 0.15) is 17.1 Å². The molecule has 3 aromatic rings. The quantitative estimate of drug-likeness (QED) is 0.502. The Balaban J connectivity index is 1.81. The number of hydrogen-bond acceptors (Lipinski definition) is 3. The molecule has 0 radical (unpaired) electrons. The van der Waals surface area contributed by atoms with E-state index in [-0.39, 0.29) is 17.7 Å². The van der Waals surface area contributed by atoms with Gasteiger partial charge >= 0.3 is 0 Å². The number of aromatic nitrogens is 2. The van der Waals surface area contributed by atoms with E-state index in [9.17, 15) is 9.90 Å². The summed E-state index contributed by atoms with van der Waals surface area (Å²) in [5.74, 6) is 0.594. The number of rotatable bonds is 7. The van der Waals surface area contributed by atoms with Gasteiger partial charge in [-0.25, -0.2) is 0 Å². The normalized spacial score (nSPS) is 15.8. The summed E-state index contributed by atoms with van der Waals surface area (Å²) in [5, 5.41) is 17.8. The molecular formula is C25H29N3O2. The highest BCUT2D eigenvalue weighted by Gasteiger charge is 2.42. The number of nitrogens with one attached hydrogen (secondary N) is 1. The zero-order chi connectivity index (χ0) is 21.3. The predicted molar refractivity (Wildman–Crippen MR) is 119 cm³/mol. The average molecular weight is 404 g/mol. The van der Waals surface area contributed by atoms with E-state index in [1.54, 1.807) is 12.1 Å². The maximum atomic E-state index is 13.3. The van der Waals surface area contributed by atoms with Gasteiger partial charge in [-0.2, -0.15) is 5.10 Å². The number of phenols is 1. The molecule has 0 spiro atoms. The molecule has 1 aromatic heterocycles. The molecule has 1 aliphatic rings. The first-order chi connectivity index (χ1) is 14.5. The Hall–Kier alpha value is -3.08. The standard InChI is InChI=1S/C25H29N3O2/c1-4-5-8-15-28-24(18-13-11-17(12-14-18)16(2)3)21-22(26-27-23(21)25(28)30)19-9-6-7-10-20(19)29/h6-7,9-14,16,24,29H,4-5,8,15H2,1-3H3,(H,26,27). The molecule has 0 saturated carbocycles. The van der Waals surface area contributed by atoms with Crippen molar-refractivity contribution in [2.75, 3.05) is 6.54 Å². The maximum absolute atomic E-state index is 13.3. The molecule has 2 aromatic carbocycles. The van der Waals surface area contributed by atoms with Gasteiger partial charge in [0.05, 0.1) is 6.04 Å². The number of amides is 1. The molecule has 1 amide bonds. The zero-order valence-corrected chi connectivity index (χ0v) is 17.9. The Labute approximate surface area is 177 Å².